The monoisotopic (exact) mass is 263 g/mol. The highest BCUT2D eigenvalue weighted by atomic mass is 32.1. The lowest BCUT2D eigenvalue weighted by molar-refractivity contribution is 0.0643. The van der Waals surface area contributed by atoms with Gasteiger partial charge in [0.2, 0.25) is 0 Å². The second-order valence-electron chi connectivity index (χ2n) is 4.92. The van der Waals surface area contributed by atoms with Gasteiger partial charge in [-0.25, -0.2) is 0 Å². The molecule has 0 saturated carbocycles. The summed E-state index contributed by atoms with van der Waals surface area (Å²) >= 11 is 1.81. The molecule has 0 fully saturated rings. The van der Waals surface area contributed by atoms with Crippen molar-refractivity contribution in [2.75, 3.05) is 6.61 Å². The first-order chi connectivity index (χ1) is 8.66. The zero-order valence-corrected chi connectivity index (χ0v) is 12.1. The van der Waals surface area contributed by atoms with Gasteiger partial charge in [-0.05, 0) is 43.2 Å². The fraction of sp³-hybridized carbons (Fsp3) is 0.467. The van der Waals surface area contributed by atoms with E-state index in [1.54, 1.807) is 0 Å². The third-order valence-corrected chi connectivity index (χ3v) is 3.89. The number of hydrogen-bond acceptors (Lipinski definition) is 3. The maximum absolute atomic E-state index is 5.60. The van der Waals surface area contributed by atoms with Crippen LogP contribution in [0, 0.1) is 0 Å². The second kappa shape index (κ2) is 6.32. The van der Waals surface area contributed by atoms with Crippen LogP contribution in [0.4, 0.5) is 0 Å². The Balaban J connectivity index is 1.90. The first-order valence-corrected chi connectivity index (χ1v) is 7.35. The molecule has 2 aromatic rings. The zero-order chi connectivity index (χ0) is 13.0. The molecular weight excluding hydrogens is 242 g/mol. The number of benzene rings is 1. The van der Waals surface area contributed by atoms with Gasteiger partial charge in [0.25, 0.3) is 0 Å². The van der Waals surface area contributed by atoms with Gasteiger partial charge in [0.05, 0.1) is 12.7 Å². The number of rotatable bonds is 6. The van der Waals surface area contributed by atoms with Gasteiger partial charge in [0.15, 0.2) is 0 Å². The highest BCUT2D eigenvalue weighted by Crippen LogP contribution is 2.25. The van der Waals surface area contributed by atoms with Crippen molar-refractivity contribution in [3.05, 3.63) is 35.2 Å². The lowest BCUT2D eigenvalue weighted by atomic mass is 10.2. The molecule has 0 aliphatic heterocycles. The van der Waals surface area contributed by atoms with Gasteiger partial charge in [-0.1, -0.05) is 18.2 Å². The van der Waals surface area contributed by atoms with Gasteiger partial charge in [-0.2, -0.15) is 0 Å². The molecule has 0 spiro atoms. The number of nitrogens with one attached hydrogen (secondary N) is 1. The van der Waals surface area contributed by atoms with Crippen molar-refractivity contribution in [2.24, 2.45) is 0 Å². The maximum atomic E-state index is 5.60. The van der Waals surface area contributed by atoms with Crippen LogP contribution in [-0.4, -0.2) is 18.8 Å². The first-order valence-electron chi connectivity index (χ1n) is 6.47. The molecule has 0 radical (unpaired) electrons. The van der Waals surface area contributed by atoms with E-state index in [4.69, 9.17) is 4.74 Å². The fourth-order valence-corrected chi connectivity index (χ4v) is 2.81. The Labute approximate surface area is 113 Å². The molecule has 0 amide bonds. The van der Waals surface area contributed by atoms with Gasteiger partial charge < -0.3 is 10.1 Å². The predicted octanol–water partition coefficient (Wildman–Crippen LogP) is 3.80. The average molecular weight is 263 g/mol. The molecule has 1 heterocycles. The van der Waals surface area contributed by atoms with Crippen molar-refractivity contribution < 1.29 is 4.74 Å². The summed E-state index contributed by atoms with van der Waals surface area (Å²) in [4.78, 5) is 0. The predicted molar refractivity (Wildman–Crippen MR) is 79.2 cm³/mol. The van der Waals surface area contributed by atoms with Crippen LogP contribution in [0.15, 0.2) is 29.6 Å². The van der Waals surface area contributed by atoms with Crippen LogP contribution in [-0.2, 0) is 11.3 Å². The Morgan fingerprint density at radius 3 is 2.78 bits per heavy atom. The van der Waals surface area contributed by atoms with E-state index in [2.05, 4.69) is 55.7 Å². The number of fused-ring (bicyclic) bond motifs is 1. The van der Waals surface area contributed by atoms with E-state index < -0.39 is 0 Å². The molecule has 18 heavy (non-hydrogen) atoms. The van der Waals surface area contributed by atoms with Crippen LogP contribution in [0.5, 0.6) is 0 Å². The topological polar surface area (TPSA) is 21.3 Å². The molecule has 1 atom stereocenters. The van der Waals surface area contributed by atoms with Gasteiger partial charge >= 0.3 is 0 Å². The average Bonchev–Trinajstić information content (AvgIpc) is 2.77. The van der Waals surface area contributed by atoms with E-state index in [1.165, 1.54) is 15.6 Å². The Morgan fingerprint density at radius 2 is 2.00 bits per heavy atom. The number of thiophene rings is 1. The molecule has 0 aliphatic carbocycles. The molecule has 98 valence electrons. The van der Waals surface area contributed by atoms with Gasteiger partial charge in [0, 0.05) is 17.3 Å². The summed E-state index contributed by atoms with van der Waals surface area (Å²) in [5.41, 5.74) is 1.38. The lowest BCUT2D eigenvalue weighted by Gasteiger charge is -2.15. The Kier molecular flexibility index (Phi) is 4.75. The van der Waals surface area contributed by atoms with Crippen LogP contribution in [0.1, 0.15) is 26.3 Å². The summed E-state index contributed by atoms with van der Waals surface area (Å²) in [6.07, 6.45) is 0.302. The molecule has 0 unspecified atom stereocenters. The van der Waals surface area contributed by atoms with Crippen LogP contribution in [0.2, 0.25) is 0 Å². The van der Waals surface area contributed by atoms with Gasteiger partial charge in [-0.15, -0.1) is 11.3 Å². The van der Waals surface area contributed by atoms with E-state index in [9.17, 15) is 0 Å². The maximum Gasteiger partial charge on any atom is 0.0620 e. The Bertz CT molecular complexity index is 492. The van der Waals surface area contributed by atoms with Crippen molar-refractivity contribution >= 4 is 21.4 Å². The summed E-state index contributed by atoms with van der Waals surface area (Å²) < 4.78 is 6.96. The summed E-state index contributed by atoms with van der Waals surface area (Å²) in [5, 5.41) is 7.13. The SMILES string of the molecule is CC(C)OC[C@H](C)NCc1csc2ccccc12. The first kappa shape index (κ1) is 13.5. The van der Waals surface area contributed by atoms with E-state index in [0.717, 1.165) is 13.2 Å². The third kappa shape index (κ3) is 3.55. The highest BCUT2D eigenvalue weighted by molar-refractivity contribution is 7.17. The smallest absolute Gasteiger partial charge is 0.0620 e. The fourth-order valence-electron chi connectivity index (χ4n) is 1.85. The quantitative estimate of drug-likeness (QED) is 0.856. The zero-order valence-electron chi connectivity index (χ0n) is 11.3. The molecule has 1 aromatic carbocycles. The van der Waals surface area contributed by atoms with E-state index in [-0.39, 0.29) is 0 Å². The Morgan fingerprint density at radius 1 is 1.22 bits per heavy atom. The minimum atomic E-state index is 0.302. The molecule has 2 rings (SSSR count). The van der Waals surface area contributed by atoms with Crippen molar-refractivity contribution in [2.45, 2.75) is 39.5 Å². The second-order valence-corrected chi connectivity index (χ2v) is 5.83. The van der Waals surface area contributed by atoms with E-state index >= 15 is 0 Å². The molecule has 3 heteroatoms. The molecule has 0 bridgehead atoms. The molecular formula is C15H21NOS. The van der Waals surface area contributed by atoms with Gasteiger partial charge in [0.1, 0.15) is 0 Å². The third-order valence-electron chi connectivity index (χ3n) is 2.88. The van der Waals surface area contributed by atoms with E-state index in [1.807, 2.05) is 11.3 Å². The van der Waals surface area contributed by atoms with Gasteiger partial charge in [-0.3, -0.25) is 0 Å². The molecule has 0 saturated heterocycles. The van der Waals surface area contributed by atoms with Crippen LogP contribution in [0.25, 0.3) is 10.1 Å². The van der Waals surface area contributed by atoms with Crippen molar-refractivity contribution in [1.29, 1.82) is 0 Å². The summed E-state index contributed by atoms with van der Waals surface area (Å²) in [6, 6.07) is 8.94. The summed E-state index contributed by atoms with van der Waals surface area (Å²) in [7, 11) is 0. The number of ether oxygens (including phenoxy) is 1. The van der Waals surface area contributed by atoms with Crippen molar-refractivity contribution in [3.8, 4) is 0 Å². The minimum Gasteiger partial charge on any atom is -0.377 e. The Hall–Kier alpha value is -0.900. The van der Waals surface area contributed by atoms with Crippen molar-refractivity contribution in [1.82, 2.24) is 5.32 Å². The normalized spacial score (nSPS) is 13.3. The molecule has 2 nitrogen and oxygen atoms in total. The van der Waals surface area contributed by atoms with Crippen LogP contribution in [0.3, 0.4) is 0 Å². The lowest BCUT2D eigenvalue weighted by Crippen LogP contribution is -2.31. The molecule has 1 aromatic heterocycles. The highest BCUT2D eigenvalue weighted by Gasteiger charge is 2.06. The standard InChI is InChI=1S/C15H21NOS/c1-11(2)17-9-12(3)16-8-13-10-18-15-7-5-4-6-14(13)15/h4-7,10-12,16H,8-9H2,1-3H3/t12-/m0/s1. The summed E-state index contributed by atoms with van der Waals surface area (Å²) in [5.74, 6) is 0. The minimum absolute atomic E-state index is 0.302. The van der Waals surface area contributed by atoms with E-state index in [0.29, 0.717) is 12.1 Å². The largest absolute Gasteiger partial charge is 0.377 e. The number of hydrogen-bond donors (Lipinski definition) is 1. The van der Waals surface area contributed by atoms with Crippen LogP contribution < -0.4 is 5.32 Å². The van der Waals surface area contributed by atoms with Crippen LogP contribution >= 0.6 is 11.3 Å². The molecule has 0 aliphatic rings. The molecule has 1 N–H and O–H groups in total. The van der Waals surface area contributed by atoms with Crippen molar-refractivity contribution in [3.63, 3.8) is 0 Å². The summed E-state index contributed by atoms with van der Waals surface area (Å²) in [6.45, 7) is 7.97.